The van der Waals surface area contributed by atoms with E-state index in [1.54, 1.807) is 0 Å². The second-order valence-electron chi connectivity index (χ2n) is 7.01. The highest BCUT2D eigenvalue weighted by Crippen LogP contribution is 2.53. The van der Waals surface area contributed by atoms with E-state index >= 15 is 0 Å². The van der Waals surface area contributed by atoms with Gasteiger partial charge in [0.15, 0.2) is 5.41 Å². The van der Waals surface area contributed by atoms with E-state index in [0.29, 0.717) is 17.4 Å². The van der Waals surface area contributed by atoms with Crippen LogP contribution in [0.1, 0.15) is 40.0 Å². The number of nitrogens with two attached hydrogens (primary N) is 1. The van der Waals surface area contributed by atoms with Gasteiger partial charge in [0.2, 0.25) is 0 Å². The summed E-state index contributed by atoms with van der Waals surface area (Å²) in [5.74, 6) is 0.791. The molecule has 0 bridgehead atoms. The molecule has 2 rings (SSSR count). The third-order valence-electron chi connectivity index (χ3n) is 5.01. The Bertz CT molecular complexity index is 634. The maximum atomic E-state index is 9.75. The molecule has 0 radical (unpaired) electrons. The van der Waals surface area contributed by atoms with Crippen LogP contribution in [0.5, 0.6) is 0 Å². The van der Waals surface area contributed by atoms with Crippen LogP contribution in [0, 0.1) is 63.1 Å². The van der Waals surface area contributed by atoms with Gasteiger partial charge >= 0.3 is 0 Å². The van der Waals surface area contributed by atoms with Gasteiger partial charge in [-0.3, -0.25) is 0 Å². The van der Waals surface area contributed by atoms with Crippen LogP contribution in [0.25, 0.3) is 0 Å². The Morgan fingerprint density at radius 3 is 2.45 bits per heavy atom. The van der Waals surface area contributed by atoms with Crippen molar-refractivity contribution in [3.8, 4) is 18.2 Å². The molecule has 22 heavy (non-hydrogen) atoms. The molecule has 0 saturated heterocycles. The highest BCUT2D eigenvalue weighted by Gasteiger charge is 2.53. The van der Waals surface area contributed by atoms with Crippen LogP contribution in [-0.2, 0) is 0 Å². The normalized spacial score (nSPS) is 29.9. The first-order valence-electron chi connectivity index (χ1n) is 7.84. The van der Waals surface area contributed by atoms with E-state index in [1.807, 2.05) is 0 Å². The third kappa shape index (κ3) is 2.28. The van der Waals surface area contributed by atoms with Crippen LogP contribution in [0.2, 0.25) is 0 Å². The lowest BCUT2D eigenvalue weighted by Gasteiger charge is -2.45. The first-order valence-corrected chi connectivity index (χ1v) is 7.84. The number of allylic oxidation sites excluding steroid dienone is 4. The largest absolute Gasteiger partial charge is 0.399 e. The zero-order valence-corrected chi connectivity index (χ0v) is 13.4. The van der Waals surface area contributed by atoms with Crippen molar-refractivity contribution < 1.29 is 0 Å². The van der Waals surface area contributed by atoms with Gasteiger partial charge in [0.25, 0.3) is 0 Å². The van der Waals surface area contributed by atoms with Crippen molar-refractivity contribution in [3.05, 3.63) is 22.9 Å². The van der Waals surface area contributed by atoms with Crippen molar-refractivity contribution in [2.45, 2.75) is 40.0 Å². The molecular weight excluding hydrogens is 272 g/mol. The van der Waals surface area contributed by atoms with Crippen molar-refractivity contribution in [2.24, 2.45) is 34.8 Å². The van der Waals surface area contributed by atoms with Crippen LogP contribution < -0.4 is 5.73 Å². The van der Waals surface area contributed by atoms with E-state index in [0.717, 1.165) is 24.8 Å². The molecule has 0 aromatic rings. The molecule has 2 aliphatic carbocycles. The van der Waals surface area contributed by atoms with Crippen LogP contribution in [-0.4, -0.2) is 0 Å². The van der Waals surface area contributed by atoms with E-state index in [4.69, 9.17) is 5.73 Å². The molecular formula is C18H22N4. The van der Waals surface area contributed by atoms with Gasteiger partial charge in [0.1, 0.15) is 6.07 Å². The maximum absolute atomic E-state index is 9.75. The lowest BCUT2D eigenvalue weighted by molar-refractivity contribution is 0.182. The molecule has 0 aromatic heterocycles. The van der Waals surface area contributed by atoms with Gasteiger partial charge in [-0.15, -0.1) is 0 Å². The highest BCUT2D eigenvalue weighted by molar-refractivity contribution is 5.56. The number of hydrogen-bond donors (Lipinski definition) is 1. The van der Waals surface area contributed by atoms with E-state index in [-0.39, 0.29) is 17.5 Å². The molecule has 0 amide bonds. The van der Waals surface area contributed by atoms with Crippen molar-refractivity contribution in [2.75, 3.05) is 0 Å². The maximum Gasteiger partial charge on any atom is 0.187 e. The molecule has 4 nitrogen and oxygen atoms in total. The van der Waals surface area contributed by atoms with Gasteiger partial charge in [0, 0.05) is 5.92 Å². The Hall–Kier alpha value is -2.25. The summed E-state index contributed by atoms with van der Waals surface area (Å²) in [7, 11) is 0. The average molecular weight is 294 g/mol. The zero-order valence-electron chi connectivity index (χ0n) is 13.4. The van der Waals surface area contributed by atoms with Crippen molar-refractivity contribution >= 4 is 0 Å². The Labute approximate surface area is 132 Å². The van der Waals surface area contributed by atoms with Gasteiger partial charge in [-0.25, -0.2) is 0 Å². The Morgan fingerprint density at radius 1 is 1.32 bits per heavy atom. The molecule has 0 heterocycles. The third-order valence-corrected chi connectivity index (χ3v) is 5.01. The number of nitrogens with zero attached hydrogens (tertiary/aromatic N) is 3. The highest BCUT2D eigenvalue weighted by atomic mass is 14.7. The predicted molar refractivity (Wildman–Crippen MR) is 83.4 cm³/mol. The molecule has 114 valence electrons. The molecule has 0 aliphatic heterocycles. The molecule has 0 aromatic carbocycles. The molecule has 2 aliphatic rings. The molecule has 0 spiro atoms. The fourth-order valence-electron chi connectivity index (χ4n) is 3.94. The quantitative estimate of drug-likeness (QED) is 0.843. The fourth-order valence-corrected chi connectivity index (χ4v) is 3.94. The van der Waals surface area contributed by atoms with Gasteiger partial charge in [-0.2, -0.15) is 15.8 Å². The number of nitriles is 3. The fraction of sp³-hybridized carbons (Fsp3) is 0.611. The van der Waals surface area contributed by atoms with Crippen molar-refractivity contribution in [1.29, 1.82) is 15.8 Å². The number of fused-ring (bicyclic) bond motifs is 1. The SMILES string of the molecule is CC(C)C[C@@H]1[C@@H]2C[C@H](C)CC=C2C(C#N)=C(N)C1(C#N)C#N. The van der Waals surface area contributed by atoms with E-state index in [9.17, 15) is 15.8 Å². The second-order valence-corrected chi connectivity index (χ2v) is 7.01. The van der Waals surface area contributed by atoms with Crippen LogP contribution >= 0.6 is 0 Å². The minimum Gasteiger partial charge on any atom is -0.399 e. The first-order chi connectivity index (χ1) is 10.4. The summed E-state index contributed by atoms with van der Waals surface area (Å²) in [4.78, 5) is 0. The summed E-state index contributed by atoms with van der Waals surface area (Å²) in [6, 6.07) is 6.47. The summed E-state index contributed by atoms with van der Waals surface area (Å²) in [6.45, 7) is 6.36. The van der Waals surface area contributed by atoms with Gasteiger partial charge in [-0.05, 0) is 42.6 Å². The van der Waals surface area contributed by atoms with E-state index in [1.165, 1.54) is 0 Å². The van der Waals surface area contributed by atoms with Crippen molar-refractivity contribution in [3.63, 3.8) is 0 Å². The summed E-state index contributed by atoms with van der Waals surface area (Å²) >= 11 is 0. The minimum atomic E-state index is -1.38. The minimum absolute atomic E-state index is 0.0763. The Kier molecular flexibility index (Phi) is 4.30. The molecule has 3 atom stereocenters. The summed E-state index contributed by atoms with van der Waals surface area (Å²) in [5.41, 5.74) is 6.27. The van der Waals surface area contributed by atoms with Gasteiger partial charge < -0.3 is 5.73 Å². The van der Waals surface area contributed by atoms with Crippen LogP contribution in [0.3, 0.4) is 0 Å². The van der Waals surface area contributed by atoms with Crippen LogP contribution in [0.4, 0.5) is 0 Å². The lowest BCUT2D eigenvalue weighted by Crippen LogP contribution is -2.45. The predicted octanol–water partition coefficient (Wildman–Crippen LogP) is 3.40. The zero-order chi connectivity index (χ0) is 16.5. The van der Waals surface area contributed by atoms with Crippen LogP contribution in [0.15, 0.2) is 22.9 Å². The van der Waals surface area contributed by atoms with Gasteiger partial charge in [-0.1, -0.05) is 26.8 Å². The summed E-state index contributed by atoms with van der Waals surface area (Å²) in [5, 5.41) is 29.0. The summed E-state index contributed by atoms with van der Waals surface area (Å²) < 4.78 is 0. The Morgan fingerprint density at radius 2 is 1.95 bits per heavy atom. The monoisotopic (exact) mass is 294 g/mol. The van der Waals surface area contributed by atoms with Gasteiger partial charge in [0.05, 0.1) is 23.4 Å². The molecule has 0 saturated carbocycles. The number of hydrogen-bond acceptors (Lipinski definition) is 4. The molecule has 0 fully saturated rings. The smallest absolute Gasteiger partial charge is 0.187 e. The van der Waals surface area contributed by atoms with Crippen molar-refractivity contribution in [1.82, 2.24) is 0 Å². The average Bonchev–Trinajstić information content (AvgIpc) is 2.49. The lowest BCUT2D eigenvalue weighted by atomic mass is 9.56. The molecule has 4 heteroatoms. The topological polar surface area (TPSA) is 97.4 Å². The second kappa shape index (κ2) is 5.86. The summed E-state index contributed by atoms with van der Waals surface area (Å²) in [6.07, 6.45) is 4.68. The molecule has 0 unspecified atom stereocenters. The van der Waals surface area contributed by atoms with E-state index in [2.05, 4.69) is 45.1 Å². The number of rotatable bonds is 2. The Balaban J connectivity index is 2.71. The standard InChI is InChI=1S/C18H22N4/c1-11(2)6-16-14-7-12(3)4-5-13(14)15(8-19)17(22)18(16,9-20)10-21/h5,11-12,14,16H,4,6-7,22H2,1-3H3/t12-,14-,16-/m1/s1. The van der Waals surface area contributed by atoms with E-state index < -0.39 is 5.41 Å². The first kappa shape index (κ1) is 16.1. The molecule has 2 N–H and O–H groups in total.